The molecular weight excluding hydrogens is 727 g/mol. The van der Waals surface area contributed by atoms with Crippen LogP contribution in [0.2, 0.25) is 51.4 Å². The van der Waals surface area contributed by atoms with Gasteiger partial charge in [0.2, 0.25) is 10.0 Å². The number of nitrogens with zero attached hydrogens (tertiary/aromatic N) is 2. The smallest absolute Gasteiger partial charge is 0.404 e. The zero-order chi connectivity index (χ0) is 40.2. The second-order valence-corrected chi connectivity index (χ2v) is 31.1. The standard InChI is InChI=1S/C39H69N3O8SSi2/c1-30(2)27-42(51(45,46)32-19-20-35(34(26-32)41(6)7)49-28-47-21-23-52(8,9)10)37(39(3,4)5)36(50-29-48-22-24-53(11,12)13)33(40-38(43)44)25-31-17-15-14-16-18-31/h14-20,26,30,33,36-37,40H,21-25,27-29H2,1-13H3,(H,43,44)/t33-,36+,37?/m0/s1. The van der Waals surface area contributed by atoms with E-state index in [0.717, 1.165) is 17.7 Å². The zero-order valence-electron chi connectivity index (χ0n) is 34.7. The molecule has 2 aromatic rings. The summed E-state index contributed by atoms with van der Waals surface area (Å²) in [5, 5.41) is 12.8. The second-order valence-electron chi connectivity index (χ2n) is 18.0. The first kappa shape index (κ1) is 46.7. The number of carbonyl (C=O) groups is 1. The van der Waals surface area contributed by atoms with Crippen LogP contribution in [-0.4, -0.2) is 106 Å². The molecule has 53 heavy (non-hydrogen) atoms. The number of nitrogens with one attached hydrogen (secondary N) is 1. The van der Waals surface area contributed by atoms with Crippen molar-refractivity contribution in [2.24, 2.45) is 11.3 Å². The molecule has 2 rings (SSSR count). The molecule has 0 aliphatic rings. The van der Waals surface area contributed by atoms with E-state index in [1.54, 1.807) is 18.2 Å². The fourth-order valence-corrected chi connectivity index (χ4v) is 9.40. The van der Waals surface area contributed by atoms with Gasteiger partial charge in [0.25, 0.3) is 0 Å². The molecule has 0 saturated heterocycles. The van der Waals surface area contributed by atoms with Gasteiger partial charge in [-0.2, -0.15) is 4.31 Å². The lowest BCUT2D eigenvalue weighted by Gasteiger charge is -2.46. The average molecular weight is 796 g/mol. The fourth-order valence-electron chi connectivity index (χ4n) is 5.88. The van der Waals surface area contributed by atoms with E-state index in [-0.39, 0.29) is 37.4 Å². The van der Waals surface area contributed by atoms with Crippen LogP contribution in [0.15, 0.2) is 53.4 Å². The highest BCUT2D eigenvalue weighted by Crippen LogP contribution is 2.37. The average Bonchev–Trinajstić information content (AvgIpc) is 3.01. The highest BCUT2D eigenvalue weighted by atomic mass is 32.2. The Hall–Kier alpha value is -2.47. The first-order valence-corrected chi connectivity index (χ1v) is 27.5. The molecule has 2 aromatic carbocycles. The molecule has 0 radical (unpaired) electrons. The Morgan fingerprint density at radius 1 is 0.887 bits per heavy atom. The van der Waals surface area contributed by atoms with Crippen molar-refractivity contribution in [3.05, 3.63) is 54.1 Å². The number of anilines is 1. The summed E-state index contributed by atoms with van der Waals surface area (Å²) in [6.45, 7) is 24.7. The molecule has 2 N–H and O–H groups in total. The van der Waals surface area contributed by atoms with Crippen molar-refractivity contribution in [1.82, 2.24) is 9.62 Å². The normalized spacial score (nSPS) is 14.6. The van der Waals surface area contributed by atoms with Gasteiger partial charge in [-0.3, -0.25) is 0 Å². The quantitative estimate of drug-likeness (QED) is 0.0652. The van der Waals surface area contributed by atoms with Crippen LogP contribution in [-0.2, 0) is 30.7 Å². The maximum absolute atomic E-state index is 15.1. The van der Waals surface area contributed by atoms with Crippen LogP contribution >= 0.6 is 0 Å². The van der Waals surface area contributed by atoms with Gasteiger partial charge in [0.05, 0.1) is 28.8 Å². The van der Waals surface area contributed by atoms with Gasteiger partial charge in [0.15, 0.2) is 6.79 Å². The van der Waals surface area contributed by atoms with Crippen LogP contribution in [0, 0.1) is 11.3 Å². The summed E-state index contributed by atoms with van der Waals surface area (Å²) in [4.78, 5) is 14.3. The summed E-state index contributed by atoms with van der Waals surface area (Å²) in [7, 11) is -3.17. The minimum Gasteiger partial charge on any atom is -0.465 e. The Bertz CT molecular complexity index is 1510. The largest absolute Gasteiger partial charge is 0.465 e. The lowest BCUT2D eigenvalue weighted by Crippen LogP contribution is -2.62. The van der Waals surface area contributed by atoms with Gasteiger partial charge in [0.1, 0.15) is 12.5 Å². The number of rotatable bonds is 23. The summed E-state index contributed by atoms with van der Waals surface area (Å²) in [6, 6.07) is 14.7. The summed E-state index contributed by atoms with van der Waals surface area (Å²) < 4.78 is 56.0. The number of ether oxygens (including phenoxy) is 4. The molecule has 1 unspecified atom stereocenters. The van der Waals surface area contributed by atoms with E-state index in [4.69, 9.17) is 18.9 Å². The fraction of sp³-hybridized carbons (Fsp3) is 0.667. The van der Waals surface area contributed by atoms with Crippen molar-refractivity contribution in [3.63, 3.8) is 0 Å². The highest BCUT2D eigenvalue weighted by molar-refractivity contribution is 7.89. The van der Waals surface area contributed by atoms with E-state index in [0.29, 0.717) is 24.7 Å². The number of carboxylic acid groups (broad SMARTS) is 1. The van der Waals surface area contributed by atoms with E-state index < -0.39 is 55.9 Å². The van der Waals surface area contributed by atoms with Crippen LogP contribution in [0.25, 0.3) is 0 Å². The van der Waals surface area contributed by atoms with Crippen LogP contribution in [0.5, 0.6) is 5.75 Å². The van der Waals surface area contributed by atoms with Gasteiger partial charge in [0, 0.05) is 50.0 Å². The SMILES string of the molecule is CC(C)CN(C([C@H](OCOCC[Si](C)(C)C)[C@H](Cc1ccccc1)NC(=O)O)C(C)(C)C)S(=O)(=O)c1ccc(OCOCC[Si](C)(C)C)c(N(C)C)c1. The molecule has 0 spiro atoms. The first-order valence-electron chi connectivity index (χ1n) is 18.7. The lowest BCUT2D eigenvalue weighted by atomic mass is 9.79. The van der Waals surface area contributed by atoms with E-state index >= 15 is 8.42 Å². The molecule has 3 atom stereocenters. The van der Waals surface area contributed by atoms with Crippen LogP contribution < -0.4 is 15.0 Å². The molecule has 11 nitrogen and oxygen atoms in total. The van der Waals surface area contributed by atoms with E-state index in [2.05, 4.69) is 44.6 Å². The van der Waals surface area contributed by atoms with Gasteiger partial charge in [-0.05, 0) is 53.6 Å². The Kier molecular flexibility index (Phi) is 18.0. The third-order valence-electron chi connectivity index (χ3n) is 8.71. The number of hydrogen-bond acceptors (Lipinski definition) is 8. The Balaban J connectivity index is 2.67. The molecule has 0 heterocycles. The predicted molar refractivity (Wildman–Crippen MR) is 221 cm³/mol. The summed E-state index contributed by atoms with van der Waals surface area (Å²) in [6.07, 6.45) is -1.86. The van der Waals surface area contributed by atoms with Crippen molar-refractivity contribution in [3.8, 4) is 5.75 Å². The molecule has 1 amide bonds. The molecule has 0 aromatic heterocycles. The van der Waals surface area contributed by atoms with Crippen LogP contribution in [0.1, 0.15) is 40.2 Å². The van der Waals surface area contributed by atoms with Gasteiger partial charge in [-0.25, -0.2) is 13.2 Å². The second kappa shape index (κ2) is 20.5. The van der Waals surface area contributed by atoms with Crippen molar-refractivity contribution in [1.29, 1.82) is 0 Å². The number of amides is 1. The van der Waals surface area contributed by atoms with Gasteiger partial charge >= 0.3 is 6.09 Å². The zero-order valence-corrected chi connectivity index (χ0v) is 37.5. The molecule has 0 fully saturated rings. The Morgan fingerprint density at radius 2 is 1.45 bits per heavy atom. The maximum Gasteiger partial charge on any atom is 0.404 e. The van der Waals surface area contributed by atoms with Gasteiger partial charge in [-0.15, -0.1) is 0 Å². The molecule has 0 aliphatic carbocycles. The van der Waals surface area contributed by atoms with E-state index in [1.165, 1.54) is 4.31 Å². The first-order chi connectivity index (χ1) is 24.4. The van der Waals surface area contributed by atoms with E-state index in [9.17, 15) is 9.90 Å². The molecule has 302 valence electrons. The van der Waals surface area contributed by atoms with Crippen LogP contribution in [0.4, 0.5) is 10.5 Å². The highest BCUT2D eigenvalue weighted by Gasteiger charge is 2.47. The van der Waals surface area contributed by atoms with Crippen molar-refractivity contribution in [2.45, 2.75) is 115 Å². The monoisotopic (exact) mass is 795 g/mol. The predicted octanol–water partition coefficient (Wildman–Crippen LogP) is 8.08. The molecule has 0 bridgehead atoms. The maximum atomic E-state index is 15.1. The molecule has 0 saturated carbocycles. The Labute approximate surface area is 322 Å². The number of hydrogen-bond donors (Lipinski definition) is 2. The van der Waals surface area contributed by atoms with Crippen molar-refractivity contribution >= 4 is 38.0 Å². The molecular formula is C39H69N3O8SSi2. The lowest BCUT2D eigenvalue weighted by molar-refractivity contribution is -0.128. The van der Waals surface area contributed by atoms with Crippen molar-refractivity contribution < 1.29 is 37.3 Å². The third-order valence-corrected chi connectivity index (χ3v) is 14.0. The number of sulfonamides is 1. The molecule has 0 aliphatic heterocycles. The van der Waals surface area contributed by atoms with Gasteiger partial charge in [-0.1, -0.05) is 104 Å². The number of benzene rings is 2. The summed E-state index contributed by atoms with van der Waals surface area (Å²) in [5.74, 6) is 0.447. The molecule has 14 heteroatoms. The third kappa shape index (κ3) is 16.4. The minimum absolute atomic E-state index is 0.0569. The minimum atomic E-state index is -4.20. The van der Waals surface area contributed by atoms with Gasteiger partial charge < -0.3 is 34.3 Å². The van der Waals surface area contributed by atoms with Crippen molar-refractivity contribution in [2.75, 3.05) is 52.3 Å². The topological polar surface area (TPSA) is 127 Å². The summed E-state index contributed by atoms with van der Waals surface area (Å²) >= 11 is 0. The van der Waals surface area contributed by atoms with Crippen LogP contribution in [0.3, 0.4) is 0 Å². The Morgan fingerprint density at radius 3 is 1.94 bits per heavy atom. The van der Waals surface area contributed by atoms with E-state index in [1.807, 2.05) is 83.9 Å². The summed E-state index contributed by atoms with van der Waals surface area (Å²) in [5.41, 5.74) is 0.775.